The number of para-hydroxylation sites is 1. The average molecular weight is 298 g/mol. The van der Waals surface area contributed by atoms with E-state index in [4.69, 9.17) is 0 Å². The molecule has 6 heteroatoms. The number of hydrogen-bond acceptors (Lipinski definition) is 4. The summed E-state index contributed by atoms with van der Waals surface area (Å²) in [4.78, 5) is 8.08. The lowest BCUT2D eigenvalue weighted by atomic mass is 10.3. The summed E-state index contributed by atoms with van der Waals surface area (Å²) in [6, 6.07) is 13.9. The third kappa shape index (κ3) is 3.35. The molecule has 0 atom stereocenters. The number of benzene rings is 2. The average Bonchev–Trinajstić information content (AvgIpc) is 2.50. The van der Waals surface area contributed by atoms with E-state index in [9.17, 15) is 8.78 Å². The first kappa shape index (κ1) is 13.9. The van der Waals surface area contributed by atoms with Crippen LogP contribution < -0.4 is 10.6 Å². The summed E-state index contributed by atoms with van der Waals surface area (Å²) >= 11 is 0. The summed E-state index contributed by atoms with van der Waals surface area (Å²) in [5.74, 6) is 0.183. The van der Waals surface area contributed by atoms with Gasteiger partial charge < -0.3 is 10.6 Å². The lowest BCUT2D eigenvalue weighted by Gasteiger charge is -2.09. The molecule has 1 heterocycles. The van der Waals surface area contributed by atoms with Crippen molar-refractivity contribution in [1.29, 1.82) is 0 Å². The Balaban J connectivity index is 1.79. The van der Waals surface area contributed by atoms with Crippen LogP contribution in [-0.4, -0.2) is 9.97 Å². The normalized spacial score (nSPS) is 10.3. The lowest BCUT2D eigenvalue weighted by Crippen LogP contribution is -1.99. The SMILES string of the molecule is Fc1cccc(Nc2cc(Nc3ccccc3F)ncn2)c1. The number of nitrogens with one attached hydrogen (secondary N) is 2. The molecule has 0 saturated carbocycles. The van der Waals surface area contributed by atoms with Gasteiger partial charge >= 0.3 is 0 Å². The van der Waals surface area contributed by atoms with Crippen molar-refractivity contribution in [3.8, 4) is 0 Å². The maximum atomic E-state index is 13.6. The first-order valence-electron chi connectivity index (χ1n) is 6.57. The molecular weight excluding hydrogens is 286 g/mol. The van der Waals surface area contributed by atoms with Crippen molar-refractivity contribution in [2.75, 3.05) is 10.6 Å². The van der Waals surface area contributed by atoms with Crippen LogP contribution in [0.15, 0.2) is 60.9 Å². The van der Waals surface area contributed by atoms with Crippen LogP contribution in [0, 0.1) is 11.6 Å². The monoisotopic (exact) mass is 298 g/mol. The molecule has 22 heavy (non-hydrogen) atoms. The molecule has 0 saturated heterocycles. The number of anilines is 4. The number of hydrogen-bond donors (Lipinski definition) is 2. The molecule has 2 N–H and O–H groups in total. The Kier molecular flexibility index (Phi) is 3.91. The van der Waals surface area contributed by atoms with Crippen molar-refractivity contribution >= 4 is 23.0 Å². The highest BCUT2D eigenvalue weighted by Gasteiger charge is 2.04. The van der Waals surface area contributed by atoms with Gasteiger partial charge in [-0.25, -0.2) is 18.7 Å². The second-order valence-corrected chi connectivity index (χ2v) is 4.53. The maximum Gasteiger partial charge on any atom is 0.146 e. The van der Waals surface area contributed by atoms with E-state index >= 15 is 0 Å². The van der Waals surface area contributed by atoms with Crippen LogP contribution in [0.25, 0.3) is 0 Å². The molecule has 0 aliphatic rings. The van der Waals surface area contributed by atoms with Crippen LogP contribution in [0.1, 0.15) is 0 Å². The third-order valence-electron chi connectivity index (χ3n) is 2.90. The zero-order valence-corrected chi connectivity index (χ0v) is 11.4. The van der Waals surface area contributed by atoms with E-state index in [1.165, 1.54) is 24.5 Å². The van der Waals surface area contributed by atoms with Crippen molar-refractivity contribution in [1.82, 2.24) is 9.97 Å². The quantitative estimate of drug-likeness (QED) is 0.756. The molecule has 2 aromatic carbocycles. The minimum atomic E-state index is -0.374. The molecule has 0 spiro atoms. The second kappa shape index (κ2) is 6.17. The highest BCUT2D eigenvalue weighted by atomic mass is 19.1. The Morgan fingerprint density at radius 3 is 2.32 bits per heavy atom. The van der Waals surface area contributed by atoms with Crippen molar-refractivity contribution in [3.05, 3.63) is 72.6 Å². The van der Waals surface area contributed by atoms with E-state index in [-0.39, 0.29) is 11.6 Å². The van der Waals surface area contributed by atoms with Crippen LogP contribution in [0.2, 0.25) is 0 Å². The van der Waals surface area contributed by atoms with Gasteiger partial charge in [0.05, 0.1) is 5.69 Å². The third-order valence-corrected chi connectivity index (χ3v) is 2.90. The Morgan fingerprint density at radius 2 is 1.55 bits per heavy atom. The van der Waals surface area contributed by atoms with Gasteiger partial charge in [0.1, 0.15) is 29.6 Å². The minimum absolute atomic E-state index is 0.318. The van der Waals surface area contributed by atoms with E-state index in [2.05, 4.69) is 20.6 Å². The van der Waals surface area contributed by atoms with Gasteiger partial charge in [0.2, 0.25) is 0 Å². The molecule has 0 radical (unpaired) electrons. The van der Waals surface area contributed by atoms with Crippen molar-refractivity contribution < 1.29 is 8.78 Å². The Bertz CT molecular complexity index is 792. The molecule has 0 aliphatic carbocycles. The predicted molar refractivity (Wildman–Crippen MR) is 81.4 cm³/mol. The van der Waals surface area contributed by atoms with Gasteiger partial charge in [0, 0.05) is 11.8 Å². The zero-order valence-electron chi connectivity index (χ0n) is 11.4. The van der Waals surface area contributed by atoms with E-state index in [1.54, 1.807) is 36.4 Å². The molecule has 3 rings (SSSR count). The summed E-state index contributed by atoms with van der Waals surface area (Å²) in [5, 5.41) is 5.83. The van der Waals surface area contributed by atoms with Crippen LogP contribution in [0.5, 0.6) is 0 Å². The standard InChI is InChI=1S/C16H12F2N4/c17-11-4-3-5-12(8-11)21-15-9-16(20-10-19-15)22-14-7-2-1-6-13(14)18/h1-10H,(H2,19,20,21,22). The summed E-state index contributed by atoms with van der Waals surface area (Å²) in [5.41, 5.74) is 0.883. The Labute approximate surface area is 125 Å². The first-order valence-corrected chi connectivity index (χ1v) is 6.57. The van der Waals surface area contributed by atoms with E-state index in [0.717, 1.165) is 0 Å². The van der Waals surface area contributed by atoms with E-state index in [1.807, 2.05) is 0 Å². The van der Waals surface area contributed by atoms with Gasteiger partial charge in [-0.2, -0.15) is 0 Å². The number of aromatic nitrogens is 2. The van der Waals surface area contributed by atoms with Gasteiger partial charge in [-0.05, 0) is 30.3 Å². The summed E-state index contributed by atoms with van der Waals surface area (Å²) in [7, 11) is 0. The molecule has 0 bridgehead atoms. The Hall–Kier alpha value is -3.02. The minimum Gasteiger partial charge on any atom is -0.340 e. The van der Waals surface area contributed by atoms with E-state index < -0.39 is 0 Å². The molecule has 0 fully saturated rings. The fourth-order valence-corrected chi connectivity index (χ4v) is 1.91. The number of rotatable bonds is 4. The fraction of sp³-hybridized carbons (Fsp3) is 0. The van der Waals surface area contributed by atoms with Crippen molar-refractivity contribution in [2.24, 2.45) is 0 Å². The van der Waals surface area contributed by atoms with Crippen molar-refractivity contribution in [3.63, 3.8) is 0 Å². The molecule has 110 valence electrons. The summed E-state index contributed by atoms with van der Waals surface area (Å²) < 4.78 is 26.8. The predicted octanol–water partition coefficient (Wildman–Crippen LogP) is 4.24. The van der Waals surface area contributed by atoms with Crippen molar-refractivity contribution in [2.45, 2.75) is 0 Å². The number of halogens is 2. The molecule has 0 aliphatic heterocycles. The van der Waals surface area contributed by atoms with Crippen LogP contribution in [0.4, 0.5) is 31.8 Å². The molecule has 0 unspecified atom stereocenters. The molecule has 4 nitrogen and oxygen atoms in total. The first-order chi connectivity index (χ1) is 10.7. The highest BCUT2D eigenvalue weighted by molar-refractivity contribution is 5.63. The molecular formula is C16H12F2N4. The van der Waals surface area contributed by atoms with Gasteiger partial charge in [0.25, 0.3) is 0 Å². The van der Waals surface area contributed by atoms with Crippen LogP contribution in [-0.2, 0) is 0 Å². The largest absolute Gasteiger partial charge is 0.340 e. The Morgan fingerprint density at radius 1 is 0.773 bits per heavy atom. The molecule has 3 aromatic rings. The van der Waals surface area contributed by atoms with Crippen LogP contribution >= 0.6 is 0 Å². The molecule has 1 aromatic heterocycles. The summed E-state index contributed by atoms with van der Waals surface area (Å²) in [6.07, 6.45) is 1.34. The van der Waals surface area contributed by atoms with Gasteiger partial charge in [-0.15, -0.1) is 0 Å². The van der Waals surface area contributed by atoms with Gasteiger partial charge in [0.15, 0.2) is 0 Å². The van der Waals surface area contributed by atoms with Gasteiger partial charge in [-0.1, -0.05) is 18.2 Å². The lowest BCUT2D eigenvalue weighted by molar-refractivity contribution is 0.628. The highest BCUT2D eigenvalue weighted by Crippen LogP contribution is 2.21. The number of nitrogens with zero attached hydrogens (tertiary/aromatic N) is 2. The molecule has 0 amide bonds. The fourth-order valence-electron chi connectivity index (χ4n) is 1.91. The van der Waals surface area contributed by atoms with Gasteiger partial charge in [-0.3, -0.25) is 0 Å². The smallest absolute Gasteiger partial charge is 0.146 e. The van der Waals surface area contributed by atoms with Crippen LogP contribution in [0.3, 0.4) is 0 Å². The summed E-state index contributed by atoms with van der Waals surface area (Å²) in [6.45, 7) is 0. The topological polar surface area (TPSA) is 49.8 Å². The maximum absolute atomic E-state index is 13.6. The second-order valence-electron chi connectivity index (χ2n) is 4.53. The van der Waals surface area contributed by atoms with E-state index in [0.29, 0.717) is 23.0 Å². The zero-order chi connectivity index (χ0) is 15.4.